The van der Waals surface area contributed by atoms with Gasteiger partial charge in [0.25, 0.3) is 0 Å². The number of rotatable bonds is 5. The molecule has 1 aromatic carbocycles. The molecule has 0 unspecified atom stereocenters. The Labute approximate surface area is 154 Å². The molecule has 0 spiro atoms. The lowest BCUT2D eigenvalue weighted by Gasteiger charge is -2.49. The SMILES string of the molecule is C[C@]12C[C@@H](c3ccccc3)C[C@](CO)(CC[C@@H](NC(=O)CCN)[C@@H]1O)O2. The molecule has 0 saturated carbocycles. The Bertz CT molecular complexity index is 625. The molecule has 2 heterocycles. The summed E-state index contributed by atoms with van der Waals surface area (Å²) in [6.07, 6.45) is 1.90. The monoisotopic (exact) mass is 362 g/mol. The van der Waals surface area contributed by atoms with Crippen LogP contribution in [0.25, 0.3) is 0 Å². The van der Waals surface area contributed by atoms with Crippen molar-refractivity contribution in [2.75, 3.05) is 13.2 Å². The number of ether oxygens (including phenoxy) is 1. The van der Waals surface area contributed by atoms with E-state index < -0.39 is 23.3 Å². The third-order valence-corrected chi connectivity index (χ3v) is 5.91. The van der Waals surface area contributed by atoms with Gasteiger partial charge in [-0.25, -0.2) is 0 Å². The first kappa shape index (κ1) is 19.3. The molecule has 2 bridgehead atoms. The van der Waals surface area contributed by atoms with Crippen molar-refractivity contribution in [3.63, 3.8) is 0 Å². The second-order valence-electron chi connectivity index (χ2n) is 7.97. The van der Waals surface area contributed by atoms with Gasteiger partial charge in [-0.3, -0.25) is 4.79 Å². The van der Waals surface area contributed by atoms with Crippen molar-refractivity contribution in [2.24, 2.45) is 5.73 Å². The van der Waals surface area contributed by atoms with Crippen molar-refractivity contribution >= 4 is 5.91 Å². The van der Waals surface area contributed by atoms with Crippen LogP contribution in [0.15, 0.2) is 30.3 Å². The summed E-state index contributed by atoms with van der Waals surface area (Å²) >= 11 is 0. The van der Waals surface area contributed by atoms with Gasteiger partial charge in [-0.2, -0.15) is 0 Å². The molecule has 0 aliphatic carbocycles. The van der Waals surface area contributed by atoms with Gasteiger partial charge in [0.15, 0.2) is 0 Å². The summed E-state index contributed by atoms with van der Waals surface area (Å²) in [5.74, 6) is 0.0319. The molecule has 1 amide bonds. The Morgan fingerprint density at radius 3 is 2.73 bits per heavy atom. The molecular weight excluding hydrogens is 332 g/mol. The van der Waals surface area contributed by atoms with Gasteiger partial charge < -0.3 is 26.0 Å². The van der Waals surface area contributed by atoms with E-state index in [1.54, 1.807) is 0 Å². The van der Waals surface area contributed by atoms with E-state index in [0.717, 1.165) is 0 Å². The highest BCUT2D eigenvalue weighted by molar-refractivity contribution is 5.76. The smallest absolute Gasteiger partial charge is 0.221 e. The highest BCUT2D eigenvalue weighted by Crippen LogP contribution is 2.49. The number of hydrogen-bond acceptors (Lipinski definition) is 5. The van der Waals surface area contributed by atoms with Gasteiger partial charge in [0.05, 0.1) is 23.9 Å². The number of nitrogens with one attached hydrogen (secondary N) is 1. The van der Waals surface area contributed by atoms with Crippen molar-refractivity contribution in [3.8, 4) is 0 Å². The summed E-state index contributed by atoms with van der Waals surface area (Å²) < 4.78 is 6.33. The molecule has 3 rings (SSSR count). The third-order valence-electron chi connectivity index (χ3n) is 5.91. The van der Waals surface area contributed by atoms with E-state index in [-0.39, 0.29) is 31.4 Å². The van der Waals surface area contributed by atoms with Gasteiger partial charge in [-0.1, -0.05) is 30.3 Å². The van der Waals surface area contributed by atoms with Crippen LogP contribution in [0.5, 0.6) is 0 Å². The van der Waals surface area contributed by atoms with E-state index >= 15 is 0 Å². The topological polar surface area (TPSA) is 105 Å². The van der Waals surface area contributed by atoms with E-state index in [1.807, 2.05) is 25.1 Å². The summed E-state index contributed by atoms with van der Waals surface area (Å²) in [5.41, 5.74) is 5.12. The fourth-order valence-corrected chi connectivity index (χ4v) is 4.62. The molecule has 1 aromatic rings. The van der Waals surface area contributed by atoms with Crippen LogP contribution in [0.1, 0.15) is 50.5 Å². The Hall–Kier alpha value is -1.47. The first-order chi connectivity index (χ1) is 12.4. The third kappa shape index (κ3) is 3.78. The van der Waals surface area contributed by atoms with E-state index in [1.165, 1.54) is 5.56 Å². The zero-order valence-electron chi connectivity index (χ0n) is 15.4. The Kier molecular flexibility index (Phi) is 5.67. The molecule has 2 aliphatic heterocycles. The zero-order chi connectivity index (χ0) is 18.8. The molecule has 0 radical (unpaired) electrons. The molecule has 6 nitrogen and oxygen atoms in total. The molecule has 6 heteroatoms. The molecule has 5 N–H and O–H groups in total. The number of hydrogen-bond donors (Lipinski definition) is 4. The molecule has 2 fully saturated rings. The average molecular weight is 362 g/mol. The maximum Gasteiger partial charge on any atom is 0.221 e. The lowest BCUT2D eigenvalue weighted by Crippen LogP contribution is -2.58. The predicted octanol–water partition coefficient (Wildman–Crippen LogP) is 1.06. The van der Waals surface area contributed by atoms with Gasteiger partial charge in [-0.15, -0.1) is 0 Å². The molecule has 2 saturated heterocycles. The van der Waals surface area contributed by atoms with Crippen molar-refractivity contribution < 1.29 is 19.7 Å². The Morgan fingerprint density at radius 1 is 1.35 bits per heavy atom. The lowest BCUT2D eigenvalue weighted by molar-refractivity contribution is -0.230. The van der Waals surface area contributed by atoms with E-state index in [9.17, 15) is 15.0 Å². The fourth-order valence-electron chi connectivity index (χ4n) is 4.62. The van der Waals surface area contributed by atoms with Crippen molar-refractivity contribution in [1.82, 2.24) is 5.32 Å². The van der Waals surface area contributed by atoms with Crippen LogP contribution in [0.2, 0.25) is 0 Å². The van der Waals surface area contributed by atoms with Crippen LogP contribution in [-0.2, 0) is 9.53 Å². The van der Waals surface area contributed by atoms with Crippen molar-refractivity contribution in [3.05, 3.63) is 35.9 Å². The highest BCUT2D eigenvalue weighted by Gasteiger charge is 2.54. The van der Waals surface area contributed by atoms with Crippen LogP contribution >= 0.6 is 0 Å². The van der Waals surface area contributed by atoms with Crippen LogP contribution in [0, 0.1) is 0 Å². The molecule has 0 aromatic heterocycles. The molecule has 2 aliphatic rings. The van der Waals surface area contributed by atoms with Gasteiger partial charge in [0.1, 0.15) is 6.10 Å². The first-order valence-corrected chi connectivity index (χ1v) is 9.45. The maximum atomic E-state index is 12.0. The highest BCUT2D eigenvalue weighted by atomic mass is 16.5. The number of amides is 1. The van der Waals surface area contributed by atoms with Crippen LogP contribution in [0.4, 0.5) is 0 Å². The number of aliphatic hydroxyl groups excluding tert-OH is 2. The van der Waals surface area contributed by atoms with E-state index in [0.29, 0.717) is 25.7 Å². The first-order valence-electron chi connectivity index (χ1n) is 9.45. The summed E-state index contributed by atoms with van der Waals surface area (Å²) in [5, 5.41) is 24.1. The van der Waals surface area contributed by atoms with Crippen LogP contribution < -0.4 is 11.1 Å². The molecule has 144 valence electrons. The zero-order valence-corrected chi connectivity index (χ0v) is 15.4. The van der Waals surface area contributed by atoms with Gasteiger partial charge >= 0.3 is 0 Å². The van der Waals surface area contributed by atoms with E-state index in [2.05, 4.69) is 17.4 Å². The maximum absolute atomic E-state index is 12.0. The number of carbonyl (C=O) groups is 1. The molecular formula is C20H30N2O4. The summed E-state index contributed by atoms with van der Waals surface area (Å²) in [7, 11) is 0. The summed E-state index contributed by atoms with van der Waals surface area (Å²) in [6.45, 7) is 2.08. The number of fused-ring (bicyclic) bond motifs is 2. The number of benzene rings is 1. The van der Waals surface area contributed by atoms with Crippen molar-refractivity contribution in [1.29, 1.82) is 0 Å². The van der Waals surface area contributed by atoms with Crippen LogP contribution in [0.3, 0.4) is 0 Å². The summed E-state index contributed by atoms with van der Waals surface area (Å²) in [6, 6.07) is 9.77. The Balaban J connectivity index is 1.88. The average Bonchev–Trinajstić information content (AvgIpc) is 2.71. The number of aliphatic hydroxyl groups is 2. The van der Waals surface area contributed by atoms with Gasteiger partial charge in [0, 0.05) is 13.0 Å². The molecule has 26 heavy (non-hydrogen) atoms. The molecule has 5 atom stereocenters. The Morgan fingerprint density at radius 2 is 2.08 bits per heavy atom. The minimum atomic E-state index is -0.843. The minimum absolute atomic E-state index is 0.0951. The minimum Gasteiger partial charge on any atom is -0.393 e. The number of nitrogens with two attached hydrogens (primary N) is 1. The quantitative estimate of drug-likeness (QED) is 0.627. The lowest BCUT2D eigenvalue weighted by atomic mass is 9.74. The van der Waals surface area contributed by atoms with Gasteiger partial charge in [0.2, 0.25) is 5.91 Å². The van der Waals surface area contributed by atoms with Crippen molar-refractivity contribution in [2.45, 2.75) is 68.3 Å². The largest absolute Gasteiger partial charge is 0.393 e. The summed E-state index contributed by atoms with van der Waals surface area (Å²) in [4.78, 5) is 12.0. The second-order valence-corrected chi connectivity index (χ2v) is 7.97. The van der Waals surface area contributed by atoms with Crippen LogP contribution in [-0.4, -0.2) is 52.6 Å². The normalized spacial score (nSPS) is 37.0. The number of carbonyl (C=O) groups excluding carboxylic acids is 1. The van der Waals surface area contributed by atoms with E-state index in [4.69, 9.17) is 10.5 Å². The fraction of sp³-hybridized carbons (Fsp3) is 0.650. The van der Waals surface area contributed by atoms with Gasteiger partial charge in [-0.05, 0) is 44.1 Å². The predicted molar refractivity (Wildman–Crippen MR) is 98.6 cm³/mol. The standard InChI is InChI=1S/C20H30N2O4/c1-19-11-15(14-5-3-2-4-6-14)12-20(13-23,26-19)9-7-16(18(19)25)22-17(24)8-10-21/h2-6,15-16,18,23,25H,7-13,21H2,1H3,(H,22,24)/t15-,16-,18+,19+,20+/m1/s1. The second kappa shape index (κ2) is 7.64.